The predicted octanol–water partition coefficient (Wildman–Crippen LogP) is 3.50. The summed E-state index contributed by atoms with van der Waals surface area (Å²) in [4.78, 5) is 11.2. The van der Waals surface area contributed by atoms with Gasteiger partial charge in [0.25, 0.3) is 0 Å². The first-order chi connectivity index (χ1) is 6.63. The lowest BCUT2D eigenvalue weighted by molar-refractivity contribution is -0.135. The van der Waals surface area contributed by atoms with Crippen molar-refractivity contribution in [3.05, 3.63) is 11.5 Å². The zero-order chi connectivity index (χ0) is 11.9. The smallest absolute Gasteiger partial charge is 0.311 e. The highest BCUT2D eigenvalue weighted by atomic mass is 28.3. The molecule has 1 heterocycles. The van der Waals surface area contributed by atoms with Gasteiger partial charge in [-0.25, -0.2) is 0 Å². The summed E-state index contributed by atoms with van der Waals surface area (Å²) < 4.78 is 5.26. The van der Waals surface area contributed by atoms with Crippen molar-refractivity contribution in [2.75, 3.05) is 0 Å². The Labute approximate surface area is 93.7 Å². The van der Waals surface area contributed by atoms with Gasteiger partial charge in [0.1, 0.15) is 5.76 Å². The number of hydrogen-bond acceptors (Lipinski definition) is 2. The van der Waals surface area contributed by atoms with Crippen LogP contribution in [-0.4, -0.2) is 14.0 Å². The van der Waals surface area contributed by atoms with Crippen molar-refractivity contribution in [1.29, 1.82) is 0 Å². The Hall–Kier alpha value is -0.573. The van der Waals surface area contributed by atoms with Gasteiger partial charge < -0.3 is 4.74 Å². The summed E-state index contributed by atoms with van der Waals surface area (Å²) in [6.45, 7) is 13.5. The van der Waals surface area contributed by atoms with E-state index in [4.69, 9.17) is 4.74 Å². The molecule has 0 N–H and O–H groups in total. The van der Waals surface area contributed by atoms with Crippen LogP contribution in [-0.2, 0) is 9.53 Å². The van der Waals surface area contributed by atoms with Crippen LogP contribution < -0.4 is 0 Å². The lowest BCUT2D eigenvalue weighted by Crippen LogP contribution is -2.35. The van der Waals surface area contributed by atoms with Crippen LogP contribution in [0.25, 0.3) is 0 Å². The van der Waals surface area contributed by atoms with Crippen molar-refractivity contribution in [1.82, 2.24) is 0 Å². The summed E-state index contributed by atoms with van der Waals surface area (Å²) in [7, 11) is -1.48. The molecule has 1 saturated heterocycles. The molecule has 0 amide bonds. The minimum atomic E-state index is -1.48. The van der Waals surface area contributed by atoms with Gasteiger partial charge in [-0.1, -0.05) is 46.5 Å². The van der Waals surface area contributed by atoms with Crippen LogP contribution in [0.2, 0.25) is 18.1 Å². The molecule has 0 saturated carbocycles. The Kier molecular flexibility index (Phi) is 3.15. The van der Waals surface area contributed by atoms with E-state index in [1.807, 2.05) is 0 Å². The number of carbonyl (C=O) groups excluding carboxylic acids is 1. The number of esters is 1. The van der Waals surface area contributed by atoms with E-state index in [1.54, 1.807) is 0 Å². The van der Waals surface area contributed by atoms with Crippen LogP contribution in [0.5, 0.6) is 0 Å². The molecule has 0 aromatic heterocycles. The zero-order valence-corrected chi connectivity index (χ0v) is 11.7. The van der Waals surface area contributed by atoms with Gasteiger partial charge in [-0.05, 0) is 5.04 Å². The van der Waals surface area contributed by atoms with Gasteiger partial charge in [-0.15, -0.1) is 0 Å². The molecule has 1 aliphatic heterocycles. The summed E-state index contributed by atoms with van der Waals surface area (Å²) in [5.74, 6) is 1.10. The Morgan fingerprint density at radius 2 is 1.93 bits per heavy atom. The molecule has 1 rings (SSSR count). The van der Waals surface area contributed by atoms with E-state index in [-0.39, 0.29) is 11.9 Å². The summed E-state index contributed by atoms with van der Waals surface area (Å²) in [6, 6.07) is 0. The fraction of sp³-hybridized carbons (Fsp3) is 0.750. The lowest BCUT2D eigenvalue weighted by Gasteiger charge is -2.34. The number of carbonyl (C=O) groups is 1. The maximum Gasteiger partial charge on any atom is 0.311 e. The maximum absolute atomic E-state index is 11.2. The fourth-order valence-corrected chi connectivity index (χ4v) is 2.86. The molecule has 1 unspecified atom stereocenters. The lowest BCUT2D eigenvalue weighted by atomic mass is 10.1. The molecule has 0 aromatic carbocycles. The van der Waals surface area contributed by atoms with Gasteiger partial charge in [0, 0.05) is 5.92 Å². The van der Waals surface area contributed by atoms with Crippen LogP contribution in [0.4, 0.5) is 0 Å². The molecule has 0 spiro atoms. The number of hydrogen-bond donors (Lipinski definition) is 0. The van der Waals surface area contributed by atoms with E-state index in [9.17, 15) is 4.79 Å². The van der Waals surface area contributed by atoms with Crippen molar-refractivity contribution in [2.45, 2.75) is 52.2 Å². The predicted molar refractivity (Wildman–Crippen MR) is 65.2 cm³/mol. The average molecular weight is 226 g/mol. The molecule has 1 atom stereocenters. The minimum Gasteiger partial charge on any atom is -0.431 e. The monoisotopic (exact) mass is 226 g/mol. The number of ether oxygens (including phenoxy) is 1. The molecule has 0 radical (unpaired) electrons. The summed E-state index contributed by atoms with van der Waals surface area (Å²) in [5.41, 5.74) is 2.25. The largest absolute Gasteiger partial charge is 0.431 e. The van der Waals surface area contributed by atoms with E-state index in [0.717, 1.165) is 5.76 Å². The maximum atomic E-state index is 11.2. The van der Waals surface area contributed by atoms with Crippen molar-refractivity contribution in [3.8, 4) is 0 Å². The van der Waals surface area contributed by atoms with E-state index >= 15 is 0 Å². The minimum absolute atomic E-state index is 0.0764. The highest BCUT2D eigenvalue weighted by Crippen LogP contribution is 2.39. The molecule has 1 aliphatic rings. The molecule has 86 valence electrons. The van der Waals surface area contributed by atoms with Crippen LogP contribution in [0.15, 0.2) is 11.5 Å². The summed E-state index contributed by atoms with van der Waals surface area (Å²) in [5, 5.41) is 0.300. The Morgan fingerprint density at radius 1 is 1.40 bits per heavy atom. The Balaban J connectivity index is 2.92. The fourth-order valence-electron chi connectivity index (χ4n) is 1.37. The Morgan fingerprint density at radius 3 is 2.27 bits per heavy atom. The summed E-state index contributed by atoms with van der Waals surface area (Å²) >= 11 is 0. The van der Waals surface area contributed by atoms with Gasteiger partial charge in [0.2, 0.25) is 0 Å². The SMILES string of the molecule is CC1CC(=O)O/C1=C\[Si](C)(C)C(C)(C)C. The molecule has 3 heteroatoms. The van der Waals surface area contributed by atoms with E-state index in [2.05, 4.69) is 46.5 Å². The highest BCUT2D eigenvalue weighted by Gasteiger charge is 2.36. The van der Waals surface area contributed by atoms with Crippen molar-refractivity contribution in [2.24, 2.45) is 5.92 Å². The van der Waals surface area contributed by atoms with Gasteiger partial charge in [0.05, 0.1) is 14.5 Å². The Bertz CT molecular complexity index is 297. The van der Waals surface area contributed by atoms with Gasteiger partial charge in [-0.3, -0.25) is 4.79 Å². The topological polar surface area (TPSA) is 26.3 Å². The second-order valence-corrected chi connectivity index (χ2v) is 11.3. The average Bonchev–Trinajstić information content (AvgIpc) is 2.26. The van der Waals surface area contributed by atoms with Gasteiger partial charge >= 0.3 is 5.97 Å². The second-order valence-electron chi connectivity index (χ2n) is 6.10. The quantitative estimate of drug-likeness (QED) is 0.505. The molecule has 0 bridgehead atoms. The molecule has 0 aliphatic carbocycles. The normalized spacial score (nSPS) is 25.9. The van der Waals surface area contributed by atoms with Crippen LogP contribution in [0.3, 0.4) is 0 Å². The first-order valence-electron chi connectivity index (χ1n) is 5.57. The molecule has 1 fully saturated rings. The van der Waals surface area contributed by atoms with Gasteiger partial charge in [-0.2, -0.15) is 0 Å². The first-order valence-corrected chi connectivity index (χ1v) is 8.64. The third-order valence-corrected chi connectivity index (χ3v) is 8.50. The van der Waals surface area contributed by atoms with E-state index in [1.165, 1.54) is 0 Å². The molecule has 0 aromatic rings. The van der Waals surface area contributed by atoms with Gasteiger partial charge in [0.15, 0.2) is 0 Å². The number of cyclic esters (lactones) is 1. The standard InChI is InChI=1S/C12H22O2Si/c1-9-7-11(13)14-10(9)8-15(5,6)12(2,3)4/h8-9H,7H2,1-6H3/b10-8-. The highest BCUT2D eigenvalue weighted by molar-refractivity contribution is 6.84. The summed E-state index contributed by atoms with van der Waals surface area (Å²) in [6.07, 6.45) is 0.542. The van der Waals surface area contributed by atoms with E-state index < -0.39 is 8.07 Å². The van der Waals surface area contributed by atoms with Crippen molar-refractivity contribution >= 4 is 14.0 Å². The third kappa shape index (κ3) is 2.71. The third-order valence-electron chi connectivity index (χ3n) is 3.63. The zero-order valence-electron chi connectivity index (χ0n) is 10.7. The van der Waals surface area contributed by atoms with Crippen LogP contribution >= 0.6 is 0 Å². The van der Waals surface area contributed by atoms with Crippen molar-refractivity contribution in [3.63, 3.8) is 0 Å². The number of allylic oxidation sites excluding steroid dienone is 1. The second kappa shape index (κ2) is 3.78. The molecule has 15 heavy (non-hydrogen) atoms. The molecule has 2 nitrogen and oxygen atoms in total. The van der Waals surface area contributed by atoms with Crippen LogP contribution in [0, 0.1) is 5.92 Å². The number of rotatable bonds is 1. The molecular weight excluding hydrogens is 204 g/mol. The van der Waals surface area contributed by atoms with E-state index in [0.29, 0.717) is 11.5 Å². The first kappa shape index (κ1) is 12.5. The molecular formula is C12H22O2Si. The van der Waals surface area contributed by atoms with Crippen LogP contribution in [0.1, 0.15) is 34.1 Å². The van der Waals surface area contributed by atoms with Crippen molar-refractivity contribution < 1.29 is 9.53 Å².